The van der Waals surface area contributed by atoms with Crippen LogP contribution < -0.4 is 0 Å². The van der Waals surface area contributed by atoms with Crippen molar-refractivity contribution in [1.82, 2.24) is 19.7 Å². The average Bonchev–Trinajstić information content (AvgIpc) is 3.22. The Labute approximate surface area is 191 Å². The number of ether oxygens (including phenoxy) is 1. The predicted octanol–water partition coefficient (Wildman–Crippen LogP) is 4.41. The summed E-state index contributed by atoms with van der Waals surface area (Å²) in [5, 5.41) is 4.75. The molecule has 0 radical (unpaired) electrons. The molecule has 0 saturated heterocycles. The molecule has 5 rings (SSSR count). The van der Waals surface area contributed by atoms with Crippen LogP contribution in [0.15, 0.2) is 24.4 Å². The van der Waals surface area contributed by atoms with E-state index in [0.29, 0.717) is 48.1 Å². The fraction of sp³-hybridized carbons (Fsp3) is 0.409. The first kappa shape index (κ1) is 22.0. The van der Waals surface area contributed by atoms with E-state index in [1.807, 2.05) is 0 Å². The Kier molecular flexibility index (Phi) is 5.44. The molecule has 1 N–H and O–H groups in total. The number of hydrogen-bond donors (Lipinski definition) is 1. The summed E-state index contributed by atoms with van der Waals surface area (Å²) in [6, 6.07) is 4.25. The van der Waals surface area contributed by atoms with Gasteiger partial charge in [-0.05, 0) is 31.0 Å². The van der Waals surface area contributed by atoms with Crippen molar-refractivity contribution in [3.63, 3.8) is 0 Å². The van der Waals surface area contributed by atoms with E-state index in [9.17, 15) is 22.8 Å². The molecule has 3 aromatic rings. The molecule has 174 valence electrons. The van der Waals surface area contributed by atoms with Gasteiger partial charge in [-0.25, -0.2) is 4.39 Å². The van der Waals surface area contributed by atoms with E-state index in [2.05, 4.69) is 14.8 Å². The Morgan fingerprint density at radius 1 is 1.24 bits per heavy atom. The third kappa shape index (κ3) is 4.24. The van der Waals surface area contributed by atoms with Gasteiger partial charge >= 0.3 is 6.61 Å². The second kappa shape index (κ2) is 8.18. The van der Waals surface area contributed by atoms with E-state index in [0.717, 1.165) is 0 Å². The minimum absolute atomic E-state index is 0.0410. The van der Waals surface area contributed by atoms with Gasteiger partial charge in [0.25, 0.3) is 5.91 Å². The van der Waals surface area contributed by atoms with Crippen LogP contribution in [0.5, 0.6) is 0 Å². The van der Waals surface area contributed by atoms with Gasteiger partial charge in [0.05, 0.1) is 42.2 Å². The molecule has 11 heteroatoms. The van der Waals surface area contributed by atoms with Gasteiger partial charge in [0, 0.05) is 29.3 Å². The summed E-state index contributed by atoms with van der Waals surface area (Å²) in [6.45, 7) is -2.05. The van der Waals surface area contributed by atoms with Gasteiger partial charge in [-0.1, -0.05) is 11.6 Å². The van der Waals surface area contributed by atoms with Crippen LogP contribution in [-0.2, 0) is 17.8 Å². The number of halogens is 4. The first-order chi connectivity index (χ1) is 15.7. The molecule has 0 bridgehead atoms. The molecule has 1 amide bonds. The minimum Gasteiger partial charge on any atom is -0.350 e. The van der Waals surface area contributed by atoms with Crippen molar-refractivity contribution < 1.29 is 27.5 Å². The Morgan fingerprint density at radius 3 is 2.76 bits per heavy atom. The number of carbonyl (C=O) groups excluding carboxylic acids is 2. The van der Waals surface area contributed by atoms with Gasteiger partial charge in [-0.15, -0.1) is 0 Å². The SMILES string of the molecule is O=C(CC1(COC(F)F)CC1)c1cnn2c1CN(C(=O)c1cc3cc(F)c(Cl)cc3[nH]1)CC2. The van der Waals surface area contributed by atoms with Gasteiger partial charge in [0.2, 0.25) is 0 Å². The summed E-state index contributed by atoms with van der Waals surface area (Å²) < 4.78 is 44.7. The molecular formula is C22H20ClF3N4O3. The number of nitrogens with zero attached hydrogens (tertiary/aromatic N) is 3. The maximum Gasteiger partial charge on any atom is 0.345 e. The van der Waals surface area contributed by atoms with Crippen LogP contribution in [0.4, 0.5) is 13.2 Å². The lowest BCUT2D eigenvalue weighted by molar-refractivity contribution is -0.140. The number of carbonyl (C=O) groups is 2. The Morgan fingerprint density at radius 2 is 2.03 bits per heavy atom. The highest BCUT2D eigenvalue weighted by Gasteiger charge is 2.46. The second-order valence-electron chi connectivity index (χ2n) is 8.66. The van der Waals surface area contributed by atoms with E-state index in [1.54, 1.807) is 15.6 Å². The smallest absolute Gasteiger partial charge is 0.345 e. The number of hydrogen-bond acceptors (Lipinski definition) is 4. The molecule has 0 spiro atoms. The van der Waals surface area contributed by atoms with Crippen molar-refractivity contribution in [2.24, 2.45) is 5.41 Å². The zero-order valence-corrected chi connectivity index (χ0v) is 18.2. The lowest BCUT2D eigenvalue weighted by atomic mass is 9.96. The summed E-state index contributed by atoms with van der Waals surface area (Å²) >= 11 is 5.82. The zero-order chi connectivity index (χ0) is 23.3. The third-order valence-electron chi connectivity index (χ3n) is 6.36. The third-order valence-corrected chi connectivity index (χ3v) is 6.65. The largest absolute Gasteiger partial charge is 0.350 e. The molecule has 7 nitrogen and oxygen atoms in total. The average molecular weight is 481 g/mol. The second-order valence-corrected chi connectivity index (χ2v) is 9.07. The van der Waals surface area contributed by atoms with Crippen molar-refractivity contribution in [2.45, 2.75) is 39.0 Å². The lowest BCUT2D eigenvalue weighted by Crippen LogP contribution is -2.39. The highest BCUT2D eigenvalue weighted by atomic mass is 35.5. The number of amides is 1. The van der Waals surface area contributed by atoms with Gasteiger partial charge in [0.15, 0.2) is 5.78 Å². The van der Waals surface area contributed by atoms with Gasteiger partial charge in [0.1, 0.15) is 11.5 Å². The Balaban J connectivity index is 1.32. The predicted molar refractivity (Wildman–Crippen MR) is 113 cm³/mol. The maximum absolute atomic E-state index is 13.7. The standard InChI is InChI=1S/C22H20ClF3N4O3/c23-14-7-16-12(5-15(14)24)6-17(28-16)20(32)29-3-4-30-18(10-29)13(9-27-30)19(31)8-22(1-2-22)11-33-21(25)26/h5-7,9,21,28H,1-4,8,10-11H2. The topological polar surface area (TPSA) is 80.2 Å². The summed E-state index contributed by atoms with van der Waals surface area (Å²) in [4.78, 5) is 30.6. The van der Waals surface area contributed by atoms with Crippen molar-refractivity contribution in [1.29, 1.82) is 0 Å². The summed E-state index contributed by atoms with van der Waals surface area (Å²) in [7, 11) is 0. The summed E-state index contributed by atoms with van der Waals surface area (Å²) in [5.74, 6) is -1.06. The van der Waals surface area contributed by atoms with Gasteiger partial charge in [-0.3, -0.25) is 14.3 Å². The molecule has 1 saturated carbocycles. The van der Waals surface area contributed by atoms with Crippen molar-refractivity contribution in [3.05, 3.63) is 52.2 Å². The van der Waals surface area contributed by atoms with Crippen LogP contribution in [0.2, 0.25) is 5.02 Å². The molecule has 33 heavy (non-hydrogen) atoms. The molecule has 0 atom stereocenters. The van der Waals surface area contributed by atoms with E-state index < -0.39 is 17.8 Å². The van der Waals surface area contributed by atoms with Crippen LogP contribution >= 0.6 is 11.6 Å². The summed E-state index contributed by atoms with van der Waals surface area (Å²) in [6.07, 6.45) is 2.89. The van der Waals surface area contributed by atoms with Gasteiger partial charge < -0.3 is 14.6 Å². The maximum atomic E-state index is 13.7. The zero-order valence-electron chi connectivity index (χ0n) is 17.4. The van der Waals surface area contributed by atoms with E-state index in [4.69, 9.17) is 11.6 Å². The number of ketones is 1. The van der Waals surface area contributed by atoms with E-state index in [-0.39, 0.29) is 42.0 Å². The highest BCUT2D eigenvalue weighted by molar-refractivity contribution is 6.31. The quantitative estimate of drug-likeness (QED) is 0.508. The number of rotatable bonds is 7. The molecule has 1 aromatic carbocycles. The number of fused-ring (bicyclic) bond motifs is 2. The molecule has 0 unspecified atom stereocenters. The molecule has 1 aliphatic heterocycles. The van der Waals surface area contributed by atoms with Crippen LogP contribution in [0.25, 0.3) is 10.9 Å². The Bertz CT molecular complexity index is 1210. The first-order valence-electron chi connectivity index (χ1n) is 10.5. The van der Waals surface area contributed by atoms with Crippen molar-refractivity contribution >= 4 is 34.2 Å². The fourth-order valence-corrected chi connectivity index (χ4v) is 4.45. The number of benzene rings is 1. The van der Waals surface area contributed by atoms with E-state index in [1.165, 1.54) is 18.3 Å². The number of H-pyrrole nitrogens is 1. The van der Waals surface area contributed by atoms with Crippen molar-refractivity contribution in [2.75, 3.05) is 13.2 Å². The Hall–Kier alpha value is -2.85. The first-order valence-corrected chi connectivity index (χ1v) is 10.9. The molecular weight excluding hydrogens is 461 g/mol. The minimum atomic E-state index is -2.86. The fourth-order valence-electron chi connectivity index (χ4n) is 4.29. The van der Waals surface area contributed by atoms with Crippen LogP contribution in [0.1, 0.15) is 45.8 Å². The van der Waals surface area contributed by atoms with Crippen molar-refractivity contribution in [3.8, 4) is 0 Å². The molecule has 1 aliphatic carbocycles. The van der Waals surface area contributed by atoms with E-state index >= 15 is 0 Å². The summed E-state index contributed by atoms with van der Waals surface area (Å²) in [5.41, 5.74) is 1.28. The number of nitrogens with one attached hydrogen (secondary N) is 1. The molecule has 1 fully saturated rings. The lowest BCUT2D eigenvalue weighted by Gasteiger charge is -2.28. The number of Topliss-reactive ketones (excluding diaryl/α,β-unsaturated/α-hetero) is 1. The number of aromatic amines is 1. The van der Waals surface area contributed by atoms with Crippen LogP contribution in [0.3, 0.4) is 0 Å². The normalized spacial score (nSPS) is 16.9. The number of alkyl halides is 2. The monoisotopic (exact) mass is 480 g/mol. The molecule has 2 aliphatic rings. The van der Waals surface area contributed by atoms with Crippen LogP contribution in [0, 0.1) is 11.2 Å². The molecule has 2 aromatic heterocycles. The number of aromatic nitrogens is 3. The van der Waals surface area contributed by atoms with Gasteiger partial charge in [-0.2, -0.15) is 13.9 Å². The molecule has 3 heterocycles. The van der Waals surface area contributed by atoms with Crippen LogP contribution in [-0.4, -0.2) is 51.1 Å². The highest BCUT2D eigenvalue weighted by Crippen LogP contribution is 2.50.